The molecule has 6 nitrogen and oxygen atoms in total. The van der Waals surface area contributed by atoms with Crippen molar-refractivity contribution in [2.45, 2.75) is 32.2 Å². The lowest BCUT2D eigenvalue weighted by Crippen LogP contribution is -2.42. The van der Waals surface area contributed by atoms with Crippen LogP contribution in [0.1, 0.15) is 30.0 Å². The van der Waals surface area contributed by atoms with Crippen LogP contribution < -0.4 is 10.3 Å². The lowest BCUT2D eigenvalue weighted by molar-refractivity contribution is -0.131. The van der Waals surface area contributed by atoms with Gasteiger partial charge in [-0.25, -0.2) is 4.68 Å². The fraction of sp³-hybridized carbons (Fsp3) is 0.320. The Balaban J connectivity index is 1.43. The van der Waals surface area contributed by atoms with E-state index in [0.717, 1.165) is 41.0 Å². The van der Waals surface area contributed by atoms with E-state index in [9.17, 15) is 9.59 Å². The number of benzene rings is 2. The van der Waals surface area contributed by atoms with Gasteiger partial charge in [-0.3, -0.25) is 9.59 Å². The predicted molar refractivity (Wildman–Crippen MR) is 120 cm³/mol. The van der Waals surface area contributed by atoms with Crippen molar-refractivity contribution in [2.24, 2.45) is 0 Å². The van der Waals surface area contributed by atoms with Gasteiger partial charge in [0, 0.05) is 24.7 Å². The number of ether oxygens (including phenoxy) is 1. The summed E-state index contributed by atoms with van der Waals surface area (Å²) in [7, 11) is 1.63. The van der Waals surface area contributed by atoms with Gasteiger partial charge in [-0.15, -0.1) is 0 Å². The van der Waals surface area contributed by atoms with Crippen molar-refractivity contribution < 1.29 is 9.53 Å². The van der Waals surface area contributed by atoms with Crippen molar-refractivity contribution >= 4 is 5.91 Å². The molecule has 1 aliphatic heterocycles. The molecular formula is C25H27N3O3. The largest absolute Gasteiger partial charge is 0.497 e. The molecule has 160 valence electrons. The van der Waals surface area contributed by atoms with E-state index in [4.69, 9.17) is 9.84 Å². The van der Waals surface area contributed by atoms with Crippen LogP contribution in [0.5, 0.6) is 5.75 Å². The molecular weight excluding hydrogens is 390 g/mol. The topological polar surface area (TPSA) is 64.4 Å². The quantitative estimate of drug-likeness (QED) is 0.636. The summed E-state index contributed by atoms with van der Waals surface area (Å²) in [5.41, 5.74) is 3.59. The van der Waals surface area contributed by atoms with Crippen LogP contribution >= 0.6 is 0 Å². The Bertz CT molecular complexity index is 1100. The summed E-state index contributed by atoms with van der Waals surface area (Å²) in [5.74, 6) is 0.890. The number of piperidine rings is 1. The summed E-state index contributed by atoms with van der Waals surface area (Å²) in [6.45, 7) is 3.17. The van der Waals surface area contributed by atoms with E-state index < -0.39 is 0 Å². The van der Waals surface area contributed by atoms with E-state index in [0.29, 0.717) is 19.5 Å². The van der Waals surface area contributed by atoms with Crippen LogP contribution in [0.3, 0.4) is 0 Å². The second-order valence-corrected chi connectivity index (χ2v) is 7.96. The van der Waals surface area contributed by atoms with Crippen LogP contribution in [0.2, 0.25) is 0 Å². The molecule has 3 aromatic rings. The third-order valence-corrected chi connectivity index (χ3v) is 5.87. The normalized spacial score (nSPS) is 14.5. The highest BCUT2D eigenvalue weighted by molar-refractivity contribution is 5.78. The van der Waals surface area contributed by atoms with Crippen LogP contribution in [-0.2, 0) is 11.2 Å². The molecule has 0 spiro atoms. The van der Waals surface area contributed by atoms with Gasteiger partial charge in [0.2, 0.25) is 5.91 Å². The average molecular weight is 418 g/mol. The number of rotatable bonds is 5. The van der Waals surface area contributed by atoms with Gasteiger partial charge in [0.25, 0.3) is 5.56 Å². The molecule has 1 saturated heterocycles. The van der Waals surface area contributed by atoms with Crippen LogP contribution in [-0.4, -0.2) is 40.8 Å². The standard InChI is InChI=1S/C25H27N3O3/c1-18-16-24(30)28(26-25(18)20-6-4-3-5-7-20)21-12-14-27(15-13-21)23(29)17-19-8-10-22(31-2)11-9-19/h3-11,16,21H,12-15,17H2,1-2H3. The molecule has 0 bridgehead atoms. The van der Waals surface area contributed by atoms with Gasteiger partial charge in [0.05, 0.1) is 25.3 Å². The summed E-state index contributed by atoms with van der Waals surface area (Å²) in [4.78, 5) is 27.3. The van der Waals surface area contributed by atoms with E-state index in [2.05, 4.69) is 0 Å². The molecule has 1 amide bonds. The summed E-state index contributed by atoms with van der Waals surface area (Å²) >= 11 is 0. The first-order chi connectivity index (χ1) is 15.0. The van der Waals surface area contributed by atoms with E-state index in [1.807, 2.05) is 66.4 Å². The first-order valence-corrected chi connectivity index (χ1v) is 10.6. The first-order valence-electron chi connectivity index (χ1n) is 10.6. The summed E-state index contributed by atoms with van der Waals surface area (Å²) in [6.07, 6.45) is 1.81. The van der Waals surface area contributed by atoms with E-state index in [1.165, 1.54) is 0 Å². The smallest absolute Gasteiger partial charge is 0.267 e. The Labute approximate surface area is 182 Å². The number of amides is 1. The van der Waals surface area contributed by atoms with Gasteiger partial charge < -0.3 is 9.64 Å². The van der Waals surface area contributed by atoms with E-state index in [1.54, 1.807) is 17.9 Å². The second kappa shape index (κ2) is 9.16. The monoisotopic (exact) mass is 417 g/mol. The highest BCUT2D eigenvalue weighted by Crippen LogP contribution is 2.24. The van der Waals surface area contributed by atoms with Crippen molar-refractivity contribution in [3.63, 3.8) is 0 Å². The molecule has 0 radical (unpaired) electrons. The maximum Gasteiger partial charge on any atom is 0.267 e. The Morgan fingerprint density at radius 2 is 1.74 bits per heavy atom. The van der Waals surface area contributed by atoms with E-state index >= 15 is 0 Å². The Hall–Kier alpha value is -3.41. The number of methoxy groups -OCH3 is 1. The minimum atomic E-state index is -0.0832. The maximum atomic E-state index is 12.7. The molecule has 2 heterocycles. The molecule has 2 aromatic carbocycles. The van der Waals surface area contributed by atoms with Crippen LogP contribution in [0, 0.1) is 6.92 Å². The summed E-state index contributed by atoms with van der Waals surface area (Å²) in [6, 6.07) is 19.2. The van der Waals surface area contributed by atoms with Crippen LogP contribution in [0.25, 0.3) is 11.3 Å². The Morgan fingerprint density at radius 1 is 1.06 bits per heavy atom. The molecule has 4 rings (SSSR count). The molecule has 1 aliphatic rings. The third kappa shape index (κ3) is 4.68. The second-order valence-electron chi connectivity index (χ2n) is 7.96. The number of carbonyl (C=O) groups is 1. The van der Waals surface area contributed by atoms with Crippen molar-refractivity contribution in [3.05, 3.63) is 82.1 Å². The zero-order valence-corrected chi connectivity index (χ0v) is 18.0. The van der Waals surface area contributed by atoms with Crippen LogP contribution in [0.15, 0.2) is 65.5 Å². The number of nitrogens with zero attached hydrogens (tertiary/aromatic N) is 3. The van der Waals surface area contributed by atoms with Crippen LogP contribution in [0.4, 0.5) is 0 Å². The Morgan fingerprint density at radius 3 is 2.39 bits per heavy atom. The number of likely N-dealkylation sites (tertiary alicyclic amines) is 1. The number of hydrogen-bond donors (Lipinski definition) is 0. The summed E-state index contributed by atoms with van der Waals surface area (Å²) < 4.78 is 6.78. The number of aryl methyl sites for hydroxylation is 1. The molecule has 6 heteroatoms. The van der Waals surface area contributed by atoms with Crippen molar-refractivity contribution in [2.75, 3.05) is 20.2 Å². The molecule has 31 heavy (non-hydrogen) atoms. The molecule has 0 unspecified atom stereocenters. The molecule has 0 atom stereocenters. The zero-order valence-electron chi connectivity index (χ0n) is 18.0. The first kappa shape index (κ1) is 20.8. The van der Waals surface area contributed by atoms with Crippen molar-refractivity contribution in [1.82, 2.24) is 14.7 Å². The highest BCUT2D eigenvalue weighted by Gasteiger charge is 2.25. The Kier molecular flexibility index (Phi) is 6.16. The molecule has 1 fully saturated rings. The highest BCUT2D eigenvalue weighted by atomic mass is 16.5. The zero-order chi connectivity index (χ0) is 21.8. The number of aromatic nitrogens is 2. The lowest BCUT2D eigenvalue weighted by atomic mass is 10.0. The number of hydrogen-bond acceptors (Lipinski definition) is 4. The lowest BCUT2D eigenvalue weighted by Gasteiger charge is -2.32. The van der Waals surface area contributed by atoms with Gasteiger partial charge >= 0.3 is 0 Å². The van der Waals surface area contributed by atoms with Gasteiger partial charge in [-0.2, -0.15) is 5.10 Å². The molecule has 0 N–H and O–H groups in total. The van der Waals surface area contributed by atoms with Gasteiger partial charge in [0.15, 0.2) is 0 Å². The SMILES string of the molecule is COc1ccc(CC(=O)N2CCC(n3nc(-c4ccccc4)c(C)cc3=O)CC2)cc1. The fourth-order valence-electron chi connectivity index (χ4n) is 4.09. The summed E-state index contributed by atoms with van der Waals surface area (Å²) in [5, 5.41) is 4.71. The third-order valence-electron chi connectivity index (χ3n) is 5.87. The minimum Gasteiger partial charge on any atom is -0.497 e. The number of carbonyl (C=O) groups excluding carboxylic acids is 1. The average Bonchev–Trinajstić information content (AvgIpc) is 2.80. The maximum absolute atomic E-state index is 12.7. The van der Waals surface area contributed by atoms with Crippen molar-refractivity contribution in [1.29, 1.82) is 0 Å². The minimum absolute atomic E-state index is 0.000554. The molecule has 1 aromatic heterocycles. The van der Waals surface area contributed by atoms with E-state index in [-0.39, 0.29) is 17.5 Å². The van der Waals surface area contributed by atoms with Gasteiger partial charge in [-0.1, -0.05) is 42.5 Å². The molecule has 0 saturated carbocycles. The van der Waals surface area contributed by atoms with Gasteiger partial charge in [0.1, 0.15) is 5.75 Å². The van der Waals surface area contributed by atoms with Crippen molar-refractivity contribution in [3.8, 4) is 17.0 Å². The van der Waals surface area contributed by atoms with Gasteiger partial charge in [-0.05, 0) is 43.0 Å². The fourth-order valence-corrected chi connectivity index (χ4v) is 4.09. The predicted octanol–water partition coefficient (Wildman–Crippen LogP) is 3.63. The molecule has 0 aliphatic carbocycles.